The van der Waals surface area contributed by atoms with Crippen LogP contribution in [0.25, 0.3) is 0 Å². The van der Waals surface area contributed by atoms with E-state index in [2.05, 4.69) is 31.0 Å². The lowest BCUT2D eigenvalue weighted by atomic mass is 9.83. The second-order valence-electron chi connectivity index (χ2n) is 9.40. The Morgan fingerprint density at radius 1 is 1.06 bits per heavy atom. The number of rotatable bonds is 7. The number of carbonyl (C=O) groups is 3. The molecule has 2 heterocycles. The third kappa shape index (κ3) is 4.87. The Kier molecular flexibility index (Phi) is 6.82. The molecule has 0 saturated carbocycles. The van der Waals surface area contributed by atoms with Gasteiger partial charge >= 0.3 is 0 Å². The predicted molar refractivity (Wildman–Crippen MR) is 132 cm³/mol. The number of nitrogens with zero attached hydrogens (tertiary/aromatic N) is 3. The average Bonchev–Trinajstić information content (AvgIpc) is 3.37. The van der Waals surface area contributed by atoms with Crippen molar-refractivity contribution in [1.29, 1.82) is 0 Å². The van der Waals surface area contributed by atoms with Gasteiger partial charge < -0.3 is 9.84 Å². The van der Waals surface area contributed by atoms with E-state index in [0.717, 1.165) is 5.56 Å². The summed E-state index contributed by atoms with van der Waals surface area (Å²) in [5.74, 6) is -2.73. The number of aliphatic hydroxyl groups is 1. The fourth-order valence-corrected chi connectivity index (χ4v) is 4.82. The highest BCUT2D eigenvalue weighted by Crippen LogP contribution is 2.42. The summed E-state index contributed by atoms with van der Waals surface area (Å²) in [5.41, 5.74) is 1.98. The summed E-state index contributed by atoms with van der Waals surface area (Å²) in [4.78, 5) is 41.3. The van der Waals surface area contributed by atoms with Gasteiger partial charge in [0.1, 0.15) is 23.3 Å². The summed E-state index contributed by atoms with van der Waals surface area (Å²) < 4.78 is 5.36. The zero-order chi connectivity index (χ0) is 25.3. The van der Waals surface area contributed by atoms with Crippen molar-refractivity contribution in [1.82, 2.24) is 10.2 Å². The van der Waals surface area contributed by atoms with E-state index in [0.29, 0.717) is 21.9 Å². The lowest BCUT2D eigenvalue weighted by molar-refractivity contribution is -0.135. The molecule has 35 heavy (non-hydrogen) atoms. The van der Waals surface area contributed by atoms with Gasteiger partial charge in [-0.2, -0.15) is 0 Å². The Hall–Kier alpha value is -3.43. The summed E-state index contributed by atoms with van der Waals surface area (Å²) >= 11 is 1.20. The molecule has 2 aromatic carbocycles. The number of carbonyl (C=O) groups excluding carboxylic acids is 3. The number of aromatic nitrogens is 2. The molecular formula is C26H27N3O5S. The van der Waals surface area contributed by atoms with Gasteiger partial charge in [0.25, 0.3) is 5.91 Å². The first-order chi connectivity index (χ1) is 16.6. The Morgan fingerprint density at radius 2 is 1.71 bits per heavy atom. The van der Waals surface area contributed by atoms with Crippen molar-refractivity contribution in [3.8, 4) is 5.75 Å². The maximum absolute atomic E-state index is 13.6. The van der Waals surface area contributed by atoms with Crippen LogP contribution in [-0.4, -0.2) is 46.0 Å². The maximum atomic E-state index is 13.6. The maximum Gasteiger partial charge on any atom is 0.297 e. The van der Waals surface area contributed by atoms with Crippen LogP contribution in [0.15, 0.2) is 48.5 Å². The normalized spacial score (nSPS) is 18.3. The second kappa shape index (κ2) is 9.67. The minimum absolute atomic E-state index is 0.0784. The van der Waals surface area contributed by atoms with Crippen molar-refractivity contribution in [3.05, 3.63) is 70.2 Å². The number of aliphatic hydroxyl groups excluding tert-OH is 1. The lowest BCUT2D eigenvalue weighted by Crippen LogP contribution is -2.30. The molecule has 0 aliphatic carbocycles. The van der Waals surface area contributed by atoms with Crippen LogP contribution < -0.4 is 9.64 Å². The summed E-state index contributed by atoms with van der Waals surface area (Å²) in [6.45, 7) is 8.06. The summed E-state index contributed by atoms with van der Waals surface area (Å²) in [6.07, 6.45) is 0. The molecule has 1 N–H and O–H groups in total. The number of Topliss-reactive ketones (excluding diaryl/α,β-unsaturated/α-hetero) is 2. The van der Waals surface area contributed by atoms with E-state index in [9.17, 15) is 14.4 Å². The monoisotopic (exact) mass is 493 g/mol. The van der Waals surface area contributed by atoms with E-state index >= 15 is 0 Å². The summed E-state index contributed by atoms with van der Waals surface area (Å²) in [5, 5.41) is 18.0. The summed E-state index contributed by atoms with van der Waals surface area (Å²) in [7, 11) is 0. The first-order valence-corrected chi connectivity index (χ1v) is 12.1. The number of anilines is 1. The van der Waals surface area contributed by atoms with E-state index < -0.39 is 29.4 Å². The molecule has 1 amide bonds. The Bertz CT molecular complexity index is 1250. The highest BCUT2D eigenvalue weighted by Gasteiger charge is 2.53. The predicted octanol–water partition coefficient (Wildman–Crippen LogP) is 3.67. The molecule has 3 aromatic rings. The van der Waals surface area contributed by atoms with Crippen LogP contribution in [0.5, 0.6) is 5.75 Å². The number of ether oxygens (including phenoxy) is 1. The van der Waals surface area contributed by atoms with Gasteiger partial charge in [-0.15, -0.1) is 10.2 Å². The standard InChI is InChI=1S/C26H27N3O5S/c1-15-27-28-25(35-15)29-21(16-5-9-18(10-6-16)26(2,3)4)20(23(32)24(29)33)22(31)17-7-11-19(12-8-17)34-14-13-30/h5-12,20-21,30H,13-14H2,1-4H3. The van der Waals surface area contributed by atoms with E-state index in [1.54, 1.807) is 31.2 Å². The highest BCUT2D eigenvalue weighted by molar-refractivity contribution is 7.15. The van der Waals surface area contributed by atoms with Crippen molar-refractivity contribution < 1.29 is 24.2 Å². The molecule has 1 aliphatic heterocycles. The van der Waals surface area contributed by atoms with Gasteiger partial charge in [0.15, 0.2) is 5.78 Å². The van der Waals surface area contributed by atoms with Crippen LogP contribution in [0, 0.1) is 12.8 Å². The SMILES string of the molecule is Cc1nnc(N2C(=O)C(=O)C(C(=O)c3ccc(OCCO)cc3)C2c2ccc(C(C)(C)C)cc2)s1. The fraction of sp³-hybridized carbons (Fsp3) is 0.346. The Labute approximate surface area is 207 Å². The van der Waals surface area contributed by atoms with Crippen LogP contribution >= 0.6 is 11.3 Å². The first-order valence-electron chi connectivity index (χ1n) is 11.3. The smallest absolute Gasteiger partial charge is 0.297 e. The number of ketones is 2. The van der Waals surface area contributed by atoms with Gasteiger partial charge in [0, 0.05) is 5.56 Å². The van der Waals surface area contributed by atoms with Gasteiger partial charge in [0.05, 0.1) is 12.6 Å². The van der Waals surface area contributed by atoms with Crippen LogP contribution in [0.1, 0.15) is 53.3 Å². The minimum atomic E-state index is -1.23. The Balaban J connectivity index is 1.75. The van der Waals surface area contributed by atoms with Crippen molar-refractivity contribution in [2.75, 3.05) is 18.1 Å². The molecule has 2 unspecified atom stereocenters. The second-order valence-corrected chi connectivity index (χ2v) is 10.6. The number of amides is 1. The zero-order valence-corrected chi connectivity index (χ0v) is 20.8. The molecule has 4 rings (SSSR count). The molecule has 0 spiro atoms. The van der Waals surface area contributed by atoms with E-state index in [-0.39, 0.29) is 23.8 Å². The van der Waals surface area contributed by atoms with Crippen molar-refractivity contribution in [2.45, 2.75) is 39.2 Å². The number of hydrogen-bond acceptors (Lipinski definition) is 8. The van der Waals surface area contributed by atoms with E-state index in [1.807, 2.05) is 24.3 Å². The largest absolute Gasteiger partial charge is 0.491 e. The number of hydrogen-bond donors (Lipinski definition) is 1. The third-order valence-corrected chi connectivity index (χ3v) is 6.76. The minimum Gasteiger partial charge on any atom is -0.491 e. The number of aryl methyl sites for hydroxylation is 1. The van der Waals surface area contributed by atoms with Gasteiger partial charge in [-0.3, -0.25) is 19.3 Å². The van der Waals surface area contributed by atoms with Crippen molar-refractivity contribution >= 4 is 33.9 Å². The van der Waals surface area contributed by atoms with Gasteiger partial charge in [0.2, 0.25) is 10.9 Å². The molecule has 1 aliphatic rings. The van der Waals surface area contributed by atoms with Crippen LogP contribution in [0.3, 0.4) is 0 Å². The van der Waals surface area contributed by atoms with E-state index in [4.69, 9.17) is 9.84 Å². The molecular weight excluding hydrogens is 466 g/mol. The topological polar surface area (TPSA) is 110 Å². The van der Waals surface area contributed by atoms with Crippen molar-refractivity contribution in [3.63, 3.8) is 0 Å². The lowest BCUT2D eigenvalue weighted by Gasteiger charge is -2.26. The molecule has 182 valence electrons. The van der Waals surface area contributed by atoms with Gasteiger partial charge in [-0.25, -0.2) is 0 Å². The van der Waals surface area contributed by atoms with Gasteiger partial charge in [-0.1, -0.05) is 56.4 Å². The first kappa shape index (κ1) is 24.7. The molecule has 8 nitrogen and oxygen atoms in total. The molecule has 1 fully saturated rings. The van der Waals surface area contributed by atoms with Crippen LogP contribution in [0.4, 0.5) is 5.13 Å². The van der Waals surface area contributed by atoms with Crippen LogP contribution in [0.2, 0.25) is 0 Å². The highest BCUT2D eigenvalue weighted by atomic mass is 32.1. The molecule has 0 bridgehead atoms. The zero-order valence-electron chi connectivity index (χ0n) is 20.0. The van der Waals surface area contributed by atoms with Crippen molar-refractivity contribution in [2.24, 2.45) is 5.92 Å². The van der Waals surface area contributed by atoms with Gasteiger partial charge in [-0.05, 0) is 47.7 Å². The molecule has 2 atom stereocenters. The summed E-state index contributed by atoms with van der Waals surface area (Å²) in [6, 6.07) is 13.1. The van der Waals surface area contributed by atoms with E-state index in [1.165, 1.54) is 16.2 Å². The average molecular weight is 494 g/mol. The Morgan fingerprint density at radius 3 is 2.26 bits per heavy atom. The molecule has 1 aromatic heterocycles. The van der Waals surface area contributed by atoms with Crippen LogP contribution in [-0.2, 0) is 15.0 Å². The molecule has 0 radical (unpaired) electrons. The number of benzene rings is 2. The molecule has 1 saturated heterocycles. The fourth-order valence-electron chi connectivity index (χ4n) is 4.10. The quantitative estimate of drug-likeness (QED) is 0.304. The third-order valence-electron chi connectivity index (χ3n) is 5.93. The molecule has 9 heteroatoms.